The van der Waals surface area contributed by atoms with Crippen LogP contribution in [0.15, 0.2) is 0 Å². The van der Waals surface area contributed by atoms with Crippen LogP contribution in [0.2, 0.25) is 0 Å². The highest BCUT2D eigenvalue weighted by Gasteiger charge is 2.23. The lowest BCUT2D eigenvalue weighted by molar-refractivity contribution is 0.150. The van der Waals surface area contributed by atoms with Gasteiger partial charge in [-0.15, -0.1) is 0 Å². The van der Waals surface area contributed by atoms with Crippen molar-refractivity contribution in [2.24, 2.45) is 5.92 Å². The molecular formula is C12H27NO. The Balaban J connectivity index is 3.71. The monoisotopic (exact) mass is 201 g/mol. The molecular weight excluding hydrogens is 174 g/mol. The van der Waals surface area contributed by atoms with Crippen molar-refractivity contribution < 1.29 is 5.11 Å². The second kappa shape index (κ2) is 7.24. The first-order chi connectivity index (χ1) is 6.60. The van der Waals surface area contributed by atoms with Gasteiger partial charge in [0.1, 0.15) is 0 Å². The van der Waals surface area contributed by atoms with Crippen molar-refractivity contribution in [3.63, 3.8) is 0 Å². The molecule has 0 unspecified atom stereocenters. The summed E-state index contributed by atoms with van der Waals surface area (Å²) in [5, 5.41) is 12.8. The van der Waals surface area contributed by atoms with E-state index in [1.54, 1.807) is 0 Å². The molecule has 0 radical (unpaired) electrons. The average Bonchev–Trinajstić information content (AvgIpc) is 2.19. The van der Waals surface area contributed by atoms with Gasteiger partial charge in [0, 0.05) is 5.54 Å². The van der Waals surface area contributed by atoms with E-state index >= 15 is 0 Å². The maximum absolute atomic E-state index is 9.32. The number of nitrogens with one attached hydrogen (secondary N) is 1. The summed E-state index contributed by atoms with van der Waals surface area (Å²) in [7, 11) is 0. The lowest BCUT2D eigenvalue weighted by Gasteiger charge is -2.31. The first-order valence-electron chi connectivity index (χ1n) is 5.96. The van der Waals surface area contributed by atoms with Crippen LogP contribution in [0.25, 0.3) is 0 Å². The maximum Gasteiger partial charge on any atom is 0.0613 e. The van der Waals surface area contributed by atoms with Crippen molar-refractivity contribution in [1.82, 2.24) is 5.32 Å². The summed E-state index contributed by atoms with van der Waals surface area (Å²) in [5.74, 6) is 0.781. The summed E-state index contributed by atoms with van der Waals surface area (Å²) in [5.41, 5.74) is -0.0308. The number of aliphatic hydroxyl groups excluding tert-OH is 1. The molecule has 0 aliphatic heterocycles. The van der Waals surface area contributed by atoms with E-state index in [1.807, 2.05) is 0 Å². The largest absolute Gasteiger partial charge is 0.394 e. The molecule has 0 atom stereocenters. The highest BCUT2D eigenvalue weighted by atomic mass is 16.3. The van der Waals surface area contributed by atoms with Gasteiger partial charge in [0.05, 0.1) is 6.61 Å². The molecule has 2 nitrogen and oxygen atoms in total. The zero-order valence-electron chi connectivity index (χ0n) is 10.3. The molecule has 0 aliphatic rings. The molecule has 0 saturated heterocycles. The first kappa shape index (κ1) is 13.9. The van der Waals surface area contributed by atoms with Crippen LogP contribution >= 0.6 is 0 Å². The maximum atomic E-state index is 9.32. The summed E-state index contributed by atoms with van der Waals surface area (Å²) in [6.45, 7) is 10.0. The summed E-state index contributed by atoms with van der Waals surface area (Å²) >= 11 is 0. The van der Waals surface area contributed by atoms with Crippen LogP contribution in [-0.4, -0.2) is 23.8 Å². The van der Waals surface area contributed by atoms with Gasteiger partial charge in [-0.3, -0.25) is 0 Å². The van der Waals surface area contributed by atoms with Crippen LogP contribution < -0.4 is 5.32 Å². The Morgan fingerprint density at radius 3 is 2.14 bits per heavy atom. The zero-order valence-corrected chi connectivity index (χ0v) is 10.3. The van der Waals surface area contributed by atoms with E-state index in [-0.39, 0.29) is 12.1 Å². The van der Waals surface area contributed by atoms with Gasteiger partial charge in [0.2, 0.25) is 0 Å². The van der Waals surface area contributed by atoms with Crippen molar-refractivity contribution in [3.05, 3.63) is 0 Å². The third-order valence-corrected chi connectivity index (χ3v) is 3.11. The molecule has 2 heteroatoms. The number of rotatable bonds is 8. The van der Waals surface area contributed by atoms with E-state index in [1.165, 1.54) is 12.8 Å². The predicted molar refractivity (Wildman–Crippen MR) is 62.5 cm³/mol. The molecule has 0 spiro atoms. The molecule has 0 aliphatic carbocycles. The van der Waals surface area contributed by atoms with E-state index in [4.69, 9.17) is 0 Å². The van der Waals surface area contributed by atoms with Crippen LogP contribution in [0, 0.1) is 5.92 Å². The molecule has 0 heterocycles. The highest BCUT2D eigenvalue weighted by molar-refractivity contribution is 4.84. The Labute approximate surface area is 89.1 Å². The van der Waals surface area contributed by atoms with Gasteiger partial charge in [0.15, 0.2) is 0 Å². The van der Waals surface area contributed by atoms with Crippen molar-refractivity contribution in [1.29, 1.82) is 0 Å². The van der Waals surface area contributed by atoms with Crippen molar-refractivity contribution >= 4 is 0 Å². The Hall–Kier alpha value is -0.0800. The minimum absolute atomic E-state index is 0.0308. The summed E-state index contributed by atoms with van der Waals surface area (Å²) in [6.07, 6.45) is 4.48. The second-order valence-electron chi connectivity index (χ2n) is 4.61. The smallest absolute Gasteiger partial charge is 0.0613 e. The lowest BCUT2D eigenvalue weighted by Crippen LogP contribution is -2.47. The molecule has 0 saturated carbocycles. The molecule has 14 heavy (non-hydrogen) atoms. The third kappa shape index (κ3) is 4.97. The molecule has 0 amide bonds. The fraction of sp³-hybridized carbons (Fsp3) is 1.00. The van der Waals surface area contributed by atoms with Crippen molar-refractivity contribution in [2.45, 2.75) is 58.9 Å². The van der Waals surface area contributed by atoms with Gasteiger partial charge < -0.3 is 10.4 Å². The van der Waals surface area contributed by atoms with Gasteiger partial charge in [-0.25, -0.2) is 0 Å². The van der Waals surface area contributed by atoms with Gasteiger partial charge in [-0.05, 0) is 38.1 Å². The number of hydrogen-bond donors (Lipinski definition) is 2. The summed E-state index contributed by atoms with van der Waals surface area (Å²) in [6, 6.07) is 0. The van der Waals surface area contributed by atoms with Crippen LogP contribution in [0.1, 0.15) is 53.4 Å². The molecule has 0 rings (SSSR count). The predicted octanol–water partition coefficient (Wildman–Crippen LogP) is 2.56. The Kier molecular flexibility index (Phi) is 7.20. The molecule has 0 fully saturated rings. The van der Waals surface area contributed by atoms with E-state index < -0.39 is 0 Å². The van der Waals surface area contributed by atoms with E-state index in [0.29, 0.717) is 0 Å². The summed E-state index contributed by atoms with van der Waals surface area (Å²) < 4.78 is 0. The molecule has 0 aromatic rings. The van der Waals surface area contributed by atoms with Crippen LogP contribution in [0.5, 0.6) is 0 Å². The van der Waals surface area contributed by atoms with Crippen LogP contribution in [-0.2, 0) is 0 Å². The normalized spacial score (nSPS) is 12.4. The van der Waals surface area contributed by atoms with E-state index in [2.05, 4.69) is 33.0 Å². The zero-order chi connectivity index (χ0) is 11.0. The molecule has 0 aromatic heterocycles. The Bertz CT molecular complexity index is 122. The molecule has 0 aromatic carbocycles. The van der Waals surface area contributed by atoms with Gasteiger partial charge in [-0.2, -0.15) is 0 Å². The fourth-order valence-electron chi connectivity index (χ4n) is 1.64. The quantitative estimate of drug-likeness (QED) is 0.592. The van der Waals surface area contributed by atoms with Crippen molar-refractivity contribution in [2.75, 3.05) is 13.2 Å². The SMILES string of the molecule is CCC(CC)(CO)NCCCC(C)C. The lowest BCUT2D eigenvalue weighted by atomic mass is 9.93. The average molecular weight is 201 g/mol. The van der Waals surface area contributed by atoms with Gasteiger partial charge >= 0.3 is 0 Å². The minimum atomic E-state index is -0.0308. The topological polar surface area (TPSA) is 32.3 Å². The second-order valence-corrected chi connectivity index (χ2v) is 4.61. The Morgan fingerprint density at radius 2 is 1.79 bits per heavy atom. The number of aliphatic hydroxyl groups is 1. The van der Waals surface area contributed by atoms with Gasteiger partial charge in [-0.1, -0.05) is 27.7 Å². The third-order valence-electron chi connectivity index (χ3n) is 3.11. The molecule has 0 bridgehead atoms. The van der Waals surface area contributed by atoms with E-state index in [0.717, 1.165) is 25.3 Å². The van der Waals surface area contributed by atoms with Crippen LogP contribution in [0.3, 0.4) is 0 Å². The van der Waals surface area contributed by atoms with Crippen LogP contribution in [0.4, 0.5) is 0 Å². The van der Waals surface area contributed by atoms with Crippen molar-refractivity contribution in [3.8, 4) is 0 Å². The van der Waals surface area contributed by atoms with E-state index in [9.17, 15) is 5.11 Å². The Morgan fingerprint density at radius 1 is 1.21 bits per heavy atom. The fourth-order valence-corrected chi connectivity index (χ4v) is 1.64. The molecule has 86 valence electrons. The summed E-state index contributed by atoms with van der Waals surface area (Å²) in [4.78, 5) is 0. The standard InChI is InChI=1S/C12H27NO/c1-5-12(6-2,10-14)13-9-7-8-11(3)4/h11,13-14H,5-10H2,1-4H3. The first-order valence-corrected chi connectivity index (χ1v) is 5.96. The number of hydrogen-bond acceptors (Lipinski definition) is 2. The van der Waals surface area contributed by atoms with Gasteiger partial charge in [0.25, 0.3) is 0 Å². The highest BCUT2D eigenvalue weighted by Crippen LogP contribution is 2.14. The molecule has 2 N–H and O–H groups in total. The minimum Gasteiger partial charge on any atom is -0.394 e.